The van der Waals surface area contributed by atoms with Gasteiger partial charge in [-0.15, -0.1) is 0 Å². The standard InChI is InChI=1S/C27H36N6O3/c1-4-32-11-13-33(14-12-32)24-9-7-23(8-10-24)30-27-28-18-21(19-29-27)6-5-20-15-22(26(34)31-36-3)17-25(16-20)35-2/h5-10,15,17-20,26,31,34H,4,11-14,16H2,1-3H3,(H,28,29,30). The number of anilines is 3. The molecule has 4 rings (SSSR count). The third kappa shape index (κ3) is 6.92. The highest BCUT2D eigenvalue weighted by Gasteiger charge is 2.19. The number of hydrogen-bond donors (Lipinski definition) is 3. The molecule has 1 saturated heterocycles. The summed E-state index contributed by atoms with van der Waals surface area (Å²) in [5.74, 6) is 1.41. The molecule has 0 saturated carbocycles. The molecule has 1 aromatic carbocycles. The van der Waals surface area contributed by atoms with Crippen molar-refractivity contribution in [3.63, 3.8) is 0 Å². The van der Waals surface area contributed by atoms with E-state index in [1.165, 1.54) is 12.8 Å². The fourth-order valence-electron chi connectivity index (χ4n) is 4.38. The molecule has 1 aliphatic heterocycles. The Morgan fingerprint density at radius 1 is 1.11 bits per heavy atom. The predicted molar refractivity (Wildman–Crippen MR) is 143 cm³/mol. The van der Waals surface area contributed by atoms with Crippen LogP contribution in [0.15, 0.2) is 66.2 Å². The van der Waals surface area contributed by atoms with Crippen molar-refractivity contribution in [1.82, 2.24) is 20.3 Å². The number of nitrogens with one attached hydrogen (secondary N) is 2. The summed E-state index contributed by atoms with van der Waals surface area (Å²) in [5, 5.41) is 13.5. The van der Waals surface area contributed by atoms with Crippen LogP contribution in [0.1, 0.15) is 18.9 Å². The van der Waals surface area contributed by atoms with E-state index in [2.05, 4.69) is 67.8 Å². The lowest BCUT2D eigenvalue weighted by Crippen LogP contribution is -2.46. The second kappa shape index (κ2) is 12.6. The van der Waals surface area contributed by atoms with Crippen molar-refractivity contribution >= 4 is 23.4 Å². The van der Waals surface area contributed by atoms with E-state index in [1.807, 2.05) is 18.2 Å². The molecule has 9 heteroatoms. The third-order valence-corrected chi connectivity index (χ3v) is 6.49. The van der Waals surface area contributed by atoms with Crippen molar-refractivity contribution in [1.29, 1.82) is 0 Å². The summed E-state index contributed by atoms with van der Waals surface area (Å²) in [6.45, 7) is 7.68. The molecule has 2 heterocycles. The Morgan fingerprint density at radius 3 is 2.47 bits per heavy atom. The number of hydroxylamine groups is 1. The van der Waals surface area contributed by atoms with Crippen molar-refractivity contribution in [3.05, 3.63) is 71.8 Å². The number of piperazine rings is 1. The maximum absolute atomic E-state index is 10.2. The Morgan fingerprint density at radius 2 is 1.83 bits per heavy atom. The van der Waals surface area contributed by atoms with Crippen molar-refractivity contribution in [3.8, 4) is 0 Å². The van der Waals surface area contributed by atoms with Gasteiger partial charge in [0.2, 0.25) is 5.95 Å². The number of likely N-dealkylation sites (N-methyl/N-ethyl adjacent to an activating group) is 1. The van der Waals surface area contributed by atoms with Crippen LogP contribution in [0, 0.1) is 5.92 Å². The molecule has 2 aliphatic rings. The lowest BCUT2D eigenvalue weighted by Gasteiger charge is -2.35. The van der Waals surface area contributed by atoms with Gasteiger partial charge in [-0.05, 0) is 42.5 Å². The van der Waals surface area contributed by atoms with Crippen LogP contribution in [0.2, 0.25) is 0 Å². The zero-order chi connectivity index (χ0) is 25.3. The van der Waals surface area contributed by atoms with Crippen molar-refractivity contribution in [2.45, 2.75) is 19.6 Å². The summed E-state index contributed by atoms with van der Waals surface area (Å²) in [7, 11) is 3.10. The first-order valence-electron chi connectivity index (χ1n) is 12.4. The zero-order valence-corrected chi connectivity index (χ0v) is 21.2. The highest BCUT2D eigenvalue weighted by molar-refractivity contribution is 5.60. The van der Waals surface area contributed by atoms with Crippen molar-refractivity contribution in [2.75, 3.05) is 57.2 Å². The molecule has 3 N–H and O–H groups in total. The van der Waals surface area contributed by atoms with Crippen LogP contribution < -0.4 is 15.7 Å². The van der Waals surface area contributed by atoms with Crippen LogP contribution in [-0.4, -0.2) is 73.1 Å². The number of allylic oxidation sites excluding steroid dienone is 3. The molecule has 2 atom stereocenters. The highest BCUT2D eigenvalue weighted by atomic mass is 16.7. The first kappa shape index (κ1) is 25.8. The SMILES string of the molecule is CCN1CCN(c2ccc(Nc3ncc(C=CC4C=C(C(O)NOC)C=C(OC)C4)cn3)cc2)CC1. The molecule has 2 aromatic rings. The molecule has 0 radical (unpaired) electrons. The van der Waals surface area contributed by atoms with Gasteiger partial charge in [-0.2, -0.15) is 5.48 Å². The van der Waals surface area contributed by atoms with E-state index in [-0.39, 0.29) is 5.92 Å². The van der Waals surface area contributed by atoms with E-state index < -0.39 is 6.23 Å². The largest absolute Gasteiger partial charge is 0.501 e. The van der Waals surface area contributed by atoms with Gasteiger partial charge >= 0.3 is 0 Å². The molecule has 192 valence electrons. The van der Waals surface area contributed by atoms with E-state index in [9.17, 15) is 5.11 Å². The third-order valence-electron chi connectivity index (χ3n) is 6.49. The van der Waals surface area contributed by atoms with Gasteiger partial charge in [0, 0.05) is 67.8 Å². The average molecular weight is 493 g/mol. The van der Waals surface area contributed by atoms with E-state index >= 15 is 0 Å². The van der Waals surface area contributed by atoms with Gasteiger partial charge in [0.05, 0.1) is 20.0 Å². The Labute approximate surface area is 213 Å². The minimum atomic E-state index is -0.926. The molecule has 0 bridgehead atoms. The molecular formula is C27H36N6O3. The van der Waals surface area contributed by atoms with Crippen molar-refractivity contribution < 1.29 is 14.7 Å². The molecule has 0 amide bonds. The molecule has 1 aromatic heterocycles. The second-order valence-corrected chi connectivity index (χ2v) is 8.87. The molecule has 9 nitrogen and oxygen atoms in total. The minimum absolute atomic E-state index is 0.0644. The number of rotatable bonds is 10. The number of aliphatic hydroxyl groups is 1. The molecule has 1 aliphatic carbocycles. The number of aromatic nitrogens is 2. The summed E-state index contributed by atoms with van der Waals surface area (Å²) < 4.78 is 5.42. The second-order valence-electron chi connectivity index (χ2n) is 8.87. The number of nitrogens with zero attached hydrogens (tertiary/aromatic N) is 4. The van der Waals surface area contributed by atoms with Crippen LogP contribution in [0.4, 0.5) is 17.3 Å². The van der Waals surface area contributed by atoms with Gasteiger partial charge in [-0.1, -0.05) is 25.2 Å². The van der Waals surface area contributed by atoms with E-state index in [1.54, 1.807) is 19.5 Å². The molecule has 1 fully saturated rings. The Kier molecular flexibility index (Phi) is 9.07. The summed E-state index contributed by atoms with van der Waals surface area (Å²) in [4.78, 5) is 18.7. The zero-order valence-electron chi connectivity index (χ0n) is 21.2. The Hall–Kier alpha value is -3.24. The fourth-order valence-corrected chi connectivity index (χ4v) is 4.38. The summed E-state index contributed by atoms with van der Waals surface area (Å²) in [5.41, 5.74) is 6.32. The first-order chi connectivity index (χ1) is 17.6. The molecule has 2 unspecified atom stereocenters. The average Bonchev–Trinajstić information content (AvgIpc) is 2.93. The fraction of sp³-hybridized carbons (Fsp3) is 0.407. The van der Waals surface area contributed by atoms with Crippen LogP contribution >= 0.6 is 0 Å². The quantitative estimate of drug-likeness (QED) is 0.341. The van der Waals surface area contributed by atoms with E-state index in [0.29, 0.717) is 17.9 Å². The maximum atomic E-state index is 10.2. The van der Waals surface area contributed by atoms with Crippen LogP contribution in [0.5, 0.6) is 0 Å². The van der Waals surface area contributed by atoms with Gasteiger partial charge in [-0.3, -0.25) is 0 Å². The number of hydrogen-bond acceptors (Lipinski definition) is 9. The normalized spacial score (nSPS) is 19.7. The summed E-state index contributed by atoms with van der Waals surface area (Å²) in [6.07, 6.45) is 11.2. The highest BCUT2D eigenvalue weighted by Crippen LogP contribution is 2.26. The number of benzene rings is 1. The molecule has 0 spiro atoms. The number of methoxy groups -OCH3 is 1. The Balaban J connectivity index is 1.33. The van der Waals surface area contributed by atoms with Crippen LogP contribution in [-0.2, 0) is 9.57 Å². The lowest BCUT2D eigenvalue weighted by atomic mass is 9.93. The van der Waals surface area contributed by atoms with Crippen LogP contribution in [0.25, 0.3) is 6.08 Å². The topological polar surface area (TPSA) is 95.0 Å². The van der Waals surface area contributed by atoms with Gasteiger partial charge in [-0.25, -0.2) is 9.97 Å². The number of ether oxygens (including phenoxy) is 1. The first-order valence-corrected chi connectivity index (χ1v) is 12.4. The van der Waals surface area contributed by atoms with E-state index in [4.69, 9.17) is 9.57 Å². The maximum Gasteiger partial charge on any atom is 0.227 e. The van der Waals surface area contributed by atoms with Gasteiger partial charge < -0.3 is 29.8 Å². The monoisotopic (exact) mass is 492 g/mol. The minimum Gasteiger partial charge on any atom is -0.501 e. The van der Waals surface area contributed by atoms with Gasteiger partial charge in [0.25, 0.3) is 0 Å². The molecular weight excluding hydrogens is 456 g/mol. The Bertz CT molecular complexity index is 1060. The number of aliphatic hydroxyl groups excluding tert-OH is 1. The summed E-state index contributed by atoms with van der Waals surface area (Å²) in [6, 6.07) is 8.43. The molecule has 36 heavy (non-hydrogen) atoms. The predicted octanol–water partition coefficient (Wildman–Crippen LogP) is 3.32. The van der Waals surface area contributed by atoms with Crippen molar-refractivity contribution in [2.24, 2.45) is 5.92 Å². The van der Waals surface area contributed by atoms with Crippen LogP contribution in [0.3, 0.4) is 0 Å². The lowest BCUT2D eigenvalue weighted by molar-refractivity contribution is -0.0107. The van der Waals surface area contributed by atoms with Gasteiger partial charge in [0.15, 0.2) is 6.23 Å². The van der Waals surface area contributed by atoms with E-state index in [0.717, 1.165) is 49.7 Å². The van der Waals surface area contributed by atoms with Gasteiger partial charge in [0.1, 0.15) is 0 Å². The smallest absolute Gasteiger partial charge is 0.227 e. The summed E-state index contributed by atoms with van der Waals surface area (Å²) >= 11 is 0.